The second-order valence-electron chi connectivity index (χ2n) is 3.39. The normalized spacial score (nSPS) is 10.2. The van der Waals surface area contributed by atoms with Gasteiger partial charge >= 0.3 is 0 Å². The molecule has 2 rings (SSSR count). The molecule has 2 N–H and O–H groups in total. The fraction of sp³-hybridized carbons (Fsp3) is 0.100. The number of halogens is 1. The summed E-state index contributed by atoms with van der Waals surface area (Å²) in [4.78, 5) is 9.90. The molecule has 2 aromatic rings. The molecule has 0 atom stereocenters. The van der Waals surface area contributed by atoms with Gasteiger partial charge in [-0.2, -0.15) is 5.10 Å². The van der Waals surface area contributed by atoms with Gasteiger partial charge in [0.15, 0.2) is 0 Å². The number of aromatic nitrogens is 2. The van der Waals surface area contributed by atoms with E-state index in [-0.39, 0.29) is 5.69 Å². The lowest BCUT2D eigenvalue weighted by Gasteiger charge is -2.04. The van der Waals surface area contributed by atoms with Crippen molar-refractivity contribution in [2.75, 3.05) is 5.32 Å². The summed E-state index contributed by atoms with van der Waals surface area (Å²) in [6.45, 7) is 0.389. The Hall–Kier alpha value is -2.44. The highest BCUT2D eigenvalue weighted by Gasteiger charge is 2.09. The Kier molecular flexibility index (Phi) is 2.99. The summed E-state index contributed by atoms with van der Waals surface area (Å²) in [5, 5.41) is 19.9. The van der Waals surface area contributed by atoms with Crippen LogP contribution < -0.4 is 5.32 Å². The van der Waals surface area contributed by atoms with Crippen LogP contribution in [0.3, 0.4) is 0 Å². The van der Waals surface area contributed by atoms with Crippen LogP contribution in [-0.2, 0) is 6.54 Å². The van der Waals surface area contributed by atoms with Crippen molar-refractivity contribution in [2.24, 2.45) is 0 Å². The van der Waals surface area contributed by atoms with E-state index < -0.39 is 10.7 Å². The number of rotatable bonds is 4. The Morgan fingerprint density at radius 1 is 1.47 bits per heavy atom. The predicted octanol–water partition coefficient (Wildman–Crippen LogP) is 2.07. The van der Waals surface area contributed by atoms with Crippen molar-refractivity contribution in [3.05, 3.63) is 52.1 Å². The van der Waals surface area contributed by atoms with E-state index in [2.05, 4.69) is 15.5 Å². The third kappa shape index (κ3) is 2.77. The highest BCUT2D eigenvalue weighted by atomic mass is 19.1. The Labute approximate surface area is 95.6 Å². The van der Waals surface area contributed by atoms with E-state index in [1.54, 1.807) is 12.3 Å². The average Bonchev–Trinajstić information content (AvgIpc) is 2.78. The maximum atomic E-state index is 13.1. The third-order valence-corrected chi connectivity index (χ3v) is 2.13. The third-order valence-electron chi connectivity index (χ3n) is 2.13. The molecule has 0 saturated heterocycles. The molecule has 0 aliphatic carbocycles. The van der Waals surface area contributed by atoms with Gasteiger partial charge in [-0.1, -0.05) is 0 Å². The first-order valence-electron chi connectivity index (χ1n) is 4.82. The van der Waals surface area contributed by atoms with Gasteiger partial charge < -0.3 is 5.32 Å². The van der Waals surface area contributed by atoms with Crippen molar-refractivity contribution < 1.29 is 9.31 Å². The molecule has 88 valence electrons. The standard InChI is InChI=1S/C10H9FN4O2/c11-7-3-9(5-10(4-7)15(16)17)12-6-8-1-2-13-14-8/h1-5,12H,6H2,(H,13,14). The van der Waals surface area contributed by atoms with Crippen molar-refractivity contribution in [1.82, 2.24) is 10.2 Å². The molecule has 1 aromatic heterocycles. The molecule has 17 heavy (non-hydrogen) atoms. The molecule has 0 amide bonds. The number of benzene rings is 1. The van der Waals surface area contributed by atoms with E-state index in [1.807, 2.05) is 0 Å². The molecule has 0 bridgehead atoms. The first-order chi connectivity index (χ1) is 8.15. The lowest BCUT2D eigenvalue weighted by Crippen LogP contribution is -2.01. The molecule has 0 spiro atoms. The van der Waals surface area contributed by atoms with Crippen LogP contribution in [0.2, 0.25) is 0 Å². The molecule has 6 nitrogen and oxygen atoms in total. The van der Waals surface area contributed by atoms with Crippen LogP contribution in [0.5, 0.6) is 0 Å². The zero-order chi connectivity index (χ0) is 12.3. The summed E-state index contributed by atoms with van der Waals surface area (Å²) in [5.41, 5.74) is 0.875. The molecule has 1 aromatic carbocycles. The Balaban J connectivity index is 2.13. The fourth-order valence-electron chi connectivity index (χ4n) is 1.36. The van der Waals surface area contributed by atoms with E-state index in [9.17, 15) is 14.5 Å². The minimum Gasteiger partial charge on any atom is -0.379 e. The number of anilines is 1. The second kappa shape index (κ2) is 4.60. The average molecular weight is 236 g/mol. The lowest BCUT2D eigenvalue weighted by molar-refractivity contribution is -0.385. The number of nitrogens with zero attached hydrogens (tertiary/aromatic N) is 2. The maximum absolute atomic E-state index is 13.1. The first kappa shape index (κ1) is 11.1. The van der Waals surface area contributed by atoms with Crippen molar-refractivity contribution in [3.8, 4) is 0 Å². The Morgan fingerprint density at radius 3 is 2.94 bits per heavy atom. The number of H-pyrrole nitrogens is 1. The summed E-state index contributed by atoms with van der Waals surface area (Å²) < 4.78 is 13.1. The highest BCUT2D eigenvalue weighted by molar-refractivity contribution is 5.51. The second-order valence-corrected chi connectivity index (χ2v) is 3.39. The number of nitro groups is 1. The van der Waals surface area contributed by atoms with Crippen molar-refractivity contribution in [1.29, 1.82) is 0 Å². The topological polar surface area (TPSA) is 83.8 Å². The lowest BCUT2D eigenvalue weighted by atomic mass is 10.2. The smallest absolute Gasteiger partial charge is 0.274 e. The number of nitrogens with one attached hydrogen (secondary N) is 2. The van der Waals surface area contributed by atoms with Crippen LogP contribution in [0, 0.1) is 15.9 Å². The molecule has 0 aliphatic rings. The van der Waals surface area contributed by atoms with Crippen LogP contribution in [0.4, 0.5) is 15.8 Å². The molecular formula is C10H9FN4O2. The summed E-state index contributed by atoms with van der Waals surface area (Å²) in [6.07, 6.45) is 1.59. The van der Waals surface area contributed by atoms with E-state index in [0.29, 0.717) is 12.2 Å². The maximum Gasteiger partial charge on any atom is 0.274 e. The van der Waals surface area contributed by atoms with Gasteiger partial charge in [-0.15, -0.1) is 0 Å². The minimum atomic E-state index is -0.647. The summed E-state index contributed by atoms with van der Waals surface area (Å²) >= 11 is 0. The zero-order valence-electron chi connectivity index (χ0n) is 8.68. The molecule has 1 heterocycles. The predicted molar refractivity (Wildman–Crippen MR) is 59.0 cm³/mol. The van der Waals surface area contributed by atoms with Crippen LogP contribution in [-0.4, -0.2) is 15.1 Å². The first-order valence-corrected chi connectivity index (χ1v) is 4.82. The van der Waals surface area contributed by atoms with Gasteiger partial charge in [-0.05, 0) is 12.1 Å². The molecule has 0 fully saturated rings. The van der Waals surface area contributed by atoms with Crippen molar-refractivity contribution >= 4 is 11.4 Å². The number of nitro benzene ring substituents is 1. The van der Waals surface area contributed by atoms with Gasteiger partial charge in [-0.3, -0.25) is 15.2 Å². The highest BCUT2D eigenvalue weighted by Crippen LogP contribution is 2.20. The van der Waals surface area contributed by atoms with Crippen LogP contribution in [0.1, 0.15) is 5.69 Å². The van der Waals surface area contributed by atoms with E-state index in [0.717, 1.165) is 11.8 Å². The van der Waals surface area contributed by atoms with Gasteiger partial charge in [0, 0.05) is 18.0 Å². The Morgan fingerprint density at radius 2 is 2.29 bits per heavy atom. The fourth-order valence-corrected chi connectivity index (χ4v) is 1.36. The summed E-state index contributed by atoms with van der Waals surface area (Å²) in [5.74, 6) is -0.647. The van der Waals surface area contributed by atoms with Crippen molar-refractivity contribution in [3.63, 3.8) is 0 Å². The quantitative estimate of drug-likeness (QED) is 0.628. The molecule has 0 radical (unpaired) electrons. The number of hydrogen-bond acceptors (Lipinski definition) is 4. The molecule has 0 unspecified atom stereocenters. The summed E-state index contributed by atoms with van der Waals surface area (Å²) in [7, 11) is 0. The van der Waals surface area contributed by atoms with Crippen molar-refractivity contribution in [2.45, 2.75) is 6.54 Å². The SMILES string of the molecule is O=[N+]([O-])c1cc(F)cc(NCc2ccn[nH]2)c1. The molecule has 7 heteroatoms. The molecular weight excluding hydrogens is 227 g/mol. The van der Waals surface area contributed by atoms with Gasteiger partial charge in [-0.25, -0.2) is 4.39 Å². The van der Waals surface area contributed by atoms with Crippen LogP contribution in [0.15, 0.2) is 30.5 Å². The largest absolute Gasteiger partial charge is 0.379 e. The molecule has 0 saturated carbocycles. The zero-order valence-corrected chi connectivity index (χ0v) is 8.68. The van der Waals surface area contributed by atoms with Crippen LogP contribution in [0.25, 0.3) is 0 Å². The van der Waals surface area contributed by atoms with E-state index >= 15 is 0 Å². The van der Waals surface area contributed by atoms with Gasteiger partial charge in [0.2, 0.25) is 0 Å². The monoisotopic (exact) mass is 236 g/mol. The number of aromatic amines is 1. The van der Waals surface area contributed by atoms with Crippen LogP contribution >= 0.6 is 0 Å². The van der Waals surface area contributed by atoms with E-state index in [1.165, 1.54) is 12.1 Å². The Bertz CT molecular complexity index is 527. The summed E-state index contributed by atoms with van der Waals surface area (Å²) in [6, 6.07) is 5.10. The number of hydrogen-bond donors (Lipinski definition) is 2. The van der Waals surface area contributed by atoms with Gasteiger partial charge in [0.25, 0.3) is 5.69 Å². The molecule has 0 aliphatic heterocycles. The minimum absolute atomic E-state index is 0.280. The number of non-ortho nitro benzene ring substituents is 1. The van der Waals surface area contributed by atoms with E-state index in [4.69, 9.17) is 0 Å². The van der Waals surface area contributed by atoms with Gasteiger partial charge in [0.05, 0.1) is 23.2 Å². The van der Waals surface area contributed by atoms with Gasteiger partial charge in [0.1, 0.15) is 5.82 Å².